The molecule has 0 saturated carbocycles. The number of imidazole rings is 1. The van der Waals surface area contributed by atoms with Crippen molar-refractivity contribution >= 4 is 10.0 Å². The summed E-state index contributed by atoms with van der Waals surface area (Å²) in [7, 11) is -1.95. The Hall–Kier alpha value is -2.72. The van der Waals surface area contributed by atoms with Crippen molar-refractivity contribution in [2.24, 2.45) is 0 Å². The van der Waals surface area contributed by atoms with Gasteiger partial charge in [0.25, 0.3) is 15.9 Å². The van der Waals surface area contributed by atoms with Crippen molar-refractivity contribution in [3.05, 3.63) is 42.6 Å². The van der Waals surface area contributed by atoms with Gasteiger partial charge in [-0.3, -0.25) is 0 Å². The van der Waals surface area contributed by atoms with Gasteiger partial charge in [-0.25, -0.2) is 13.4 Å². The highest BCUT2D eigenvalue weighted by atomic mass is 32.2. The highest BCUT2D eigenvalue weighted by Crippen LogP contribution is 2.22. The predicted octanol–water partition coefficient (Wildman–Crippen LogP) is 2.16. The molecule has 2 aromatic heterocycles. The topological polar surface area (TPSA) is 103 Å². The molecule has 3 heterocycles. The maximum absolute atomic E-state index is 12.7. The van der Waals surface area contributed by atoms with Crippen LogP contribution < -0.4 is 4.74 Å². The van der Waals surface area contributed by atoms with Crippen molar-refractivity contribution in [3.8, 4) is 17.2 Å². The first kappa shape index (κ1) is 18.6. The van der Waals surface area contributed by atoms with Crippen LogP contribution in [-0.4, -0.2) is 52.6 Å². The Labute approximate surface area is 163 Å². The molecule has 0 amide bonds. The third-order valence-corrected chi connectivity index (χ3v) is 6.44. The third kappa shape index (κ3) is 3.78. The van der Waals surface area contributed by atoms with E-state index in [1.807, 2.05) is 24.3 Å². The summed E-state index contributed by atoms with van der Waals surface area (Å²) in [6, 6.07) is 7.28. The first-order chi connectivity index (χ1) is 13.6. The Balaban J connectivity index is 1.47. The second kappa shape index (κ2) is 7.72. The Morgan fingerprint density at radius 3 is 2.61 bits per heavy atom. The Bertz CT molecular complexity index is 1040. The van der Waals surface area contributed by atoms with E-state index in [1.165, 1.54) is 16.8 Å². The number of piperidine rings is 1. The summed E-state index contributed by atoms with van der Waals surface area (Å²) in [4.78, 5) is 8.44. The molecule has 0 aliphatic carbocycles. The molecule has 0 spiro atoms. The number of ether oxygens (including phenoxy) is 1. The van der Waals surface area contributed by atoms with Crippen molar-refractivity contribution in [1.82, 2.24) is 24.0 Å². The van der Waals surface area contributed by atoms with E-state index in [-0.39, 0.29) is 11.6 Å². The zero-order valence-corrected chi connectivity index (χ0v) is 16.3. The van der Waals surface area contributed by atoms with Crippen molar-refractivity contribution < 1.29 is 17.7 Å². The van der Waals surface area contributed by atoms with Gasteiger partial charge >= 0.3 is 0 Å². The van der Waals surface area contributed by atoms with Gasteiger partial charge < -0.3 is 13.8 Å². The molecule has 0 radical (unpaired) electrons. The molecule has 1 fully saturated rings. The Morgan fingerprint density at radius 1 is 1.14 bits per heavy atom. The van der Waals surface area contributed by atoms with Crippen molar-refractivity contribution in [2.45, 2.75) is 30.8 Å². The molecule has 9 nitrogen and oxygen atoms in total. The second-order valence-corrected chi connectivity index (χ2v) is 8.48. The molecule has 0 bridgehead atoms. The van der Waals surface area contributed by atoms with Crippen molar-refractivity contribution in [2.75, 3.05) is 20.2 Å². The molecule has 0 atom stereocenters. The van der Waals surface area contributed by atoms with Crippen LogP contribution in [0.1, 0.15) is 25.1 Å². The minimum Gasteiger partial charge on any atom is -0.497 e. The van der Waals surface area contributed by atoms with Crippen molar-refractivity contribution in [1.29, 1.82) is 0 Å². The minimum atomic E-state index is -3.55. The lowest BCUT2D eigenvalue weighted by atomic mass is 10.2. The first-order valence-electron chi connectivity index (χ1n) is 9.05. The average Bonchev–Trinajstić information content (AvgIpc) is 3.39. The number of methoxy groups -OCH3 is 1. The standard InChI is InChI=1S/C18H21N5O4S/c1-26-15-7-5-14(6-8-15)18-20-16(21-27-18)11-22-12-17(19-13-22)28(24,25)23-9-3-2-4-10-23/h5-8,12-13H,2-4,9-11H2,1H3. The molecule has 1 saturated heterocycles. The van der Waals surface area contributed by atoms with Crippen molar-refractivity contribution in [3.63, 3.8) is 0 Å². The summed E-state index contributed by atoms with van der Waals surface area (Å²) in [6.45, 7) is 1.36. The normalized spacial score (nSPS) is 15.6. The highest BCUT2D eigenvalue weighted by Gasteiger charge is 2.28. The van der Waals surface area contributed by atoms with E-state index < -0.39 is 10.0 Å². The average molecular weight is 403 g/mol. The summed E-state index contributed by atoms with van der Waals surface area (Å²) in [5.41, 5.74) is 0.776. The largest absolute Gasteiger partial charge is 0.497 e. The maximum Gasteiger partial charge on any atom is 0.262 e. The van der Waals surface area contributed by atoms with Gasteiger partial charge in [0.1, 0.15) is 5.75 Å². The number of hydrogen-bond donors (Lipinski definition) is 0. The van der Waals surface area contributed by atoms with E-state index in [1.54, 1.807) is 11.7 Å². The zero-order valence-electron chi connectivity index (χ0n) is 15.5. The number of benzene rings is 1. The van der Waals surface area contributed by atoms with Crippen LogP contribution in [0.4, 0.5) is 0 Å². The molecule has 1 aliphatic rings. The molecule has 3 aromatic rings. The van der Waals surface area contributed by atoms with Gasteiger partial charge in [0.2, 0.25) is 0 Å². The maximum atomic E-state index is 12.7. The molecular weight excluding hydrogens is 382 g/mol. The van der Waals surface area contributed by atoms with Gasteiger partial charge in [-0.2, -0.15) is 9.29 Å². The third-order valence-electron chi connectivity index (χ3n) is 4.66. The number of sulfonamides is 1. The predicted molar refractivity (Wildman–Crippen MR) is 100 cm³/mol. The molecule has 0 N–H and O–H groups in total. The monoisotopic (exact) mass is 403 g/mol. The molecule has 148 valence electrons. The lowest BCUT2D eigenvalue weighted by Crippen LogP contribution is -2.35. The quantitative estimate of drug-likeness (QED) is 0.621. The fourth-order valence-electron chi connectivity index (χ4n) is 3.13. The summed E-state index contributed by atoms with van der Waals surface area (Å²) in [5, 5.41) is 4.02. The van der Waals surface area contributed by atoms with Crippen LogP contribution >= 0.6 is 0 Å². The van der Waals surface area contributed by atoms with Gasteiger partial charge in [-0.1, -0.05) is 11.6 Å². The van der Waals surface area contributed by atoms with E-state index in [0.29, 0.717) is 24.8 Å². The van der Waals surface area contributed by atoms with E-state index in [4.69, 9.17) is 9.26 Å². The van der Waals surface area contributed by atoms with Crippen LogP contribution in [-0.2, 0) is 16.6 Å². The van der Waals surface area contributed by atoms with Gasteiger partial charge in [0, 0.05) is 24.8 Å². The van der Waals surface area contributed by atoms with Gasteiger partial charge in [0.15, 0.2) is 10.9 Å². The molecule has 1 aromatic carbocycles. The molecule has 28 heavy (non-hydrogen) atoms. The zero-order chi connectivity index (χ0) is 19.6. The molecule has 0 unspecified atom stereocenters. The van der Waals surface area contributed by atoms with E-state index in [9.17, 15) is 8.42 Å². The van der Waals surface area contributed by atoms with Crippen LogP contribution in [0.3, 0.4) is 0 Å². The first-order valence-corrected chi connectivity index (χ1v) is 10.5. The van der Waals surface area contributed by atoms with E-state index in [2.05, 4.69) is 15.1 Å². The molecular formula is C18H21N5O4S. The Morgan fingerprint density at radius 2 is 1.89 bits per heavy atom. The van der Waals surface area contributed by atoms with E-state index in [0.717, 1.165) is 30.6 Å². The fraction of sp³-hybridized carbons (Fsp3) is 0.389. The number of hydrogen-bond acceptors (Lipinski definition) is 7. The van der Waals surface area contributed by atoms with Crippen LogP contribution in [0.5, 0.6) is 5.75 Å². The smallest absolute Gasteiger partial charge is 0.262 e. The number of aromatic nitrogens is 4. The molecule has 10 heteroatoms. The SMILES string of the molecule is COc1ccc(-c2nc(Cn3cnc(S(=O)(=O)N4CCCCC4)c3)no2)cc1. The minimum absolute atomic E-state index is 0.0493. The summed E-state index contributed by atoms with van der Waals surface area (Å²) in [6.07, 6.45) is 5.82. The lowest BCUT2D eigenvalue weighted by Gasteiger charge is -2.24. The molecule has 4 rings (SSSR count). The van der Waals surface area contributed by atoms with Crippen LogP contribution in [0.25, 0.3) is 11.5 Å². The van der Waals surface area contributed by atoms with Gasteiger partial charge in [-0.05, 0) is 37.1 Å². The van der Waals surface area contributed by atoms with E-state index >= 15 is 0 Å². The molecule has 1 aliphatic heterocycles. The fourth-order valence-corrected chi connectivity index (χ4v) is 4.58. The van der Waals surface area contributed by atoms with Gasteiger partial charge in [-0.15, -0.1) is 0 Å². The van der Waals surface area contributed by atoms with Gasteiger partial charge in [0.05, 0.1) is 20.0 Å². The Kier molecular flexibility index (Phi) is 5.14. The number of nitrogens with zero attached hydrogens (tertiary/aromatic N) is 5. The van der Waals surface area contributed by atoms with Crippen LogP contribution in [0.2, 0.25) is 0 Å². The lowest BCUT2D eigenvalue weighted by molar-refractivity contribution is 0.345. The summed E-state index contributed by atoms with van der Waals surface area (Å²) in [5.74, 6) is 1.56. The summed E-state index contributed by atoms with van der Waals surface area (Å²) >= 11 is 0. The van der Waals surface area contributed by atoms with Crippen LogP contribution in [0, 0.1) is 0 Å². The summed E-state index contributed by atoms with van der Waals surface area (Å²) < 4.78 is 38.9. The highest BCUT2D eigenvalue weighted by molar-refractivity contribution is 7.89. The number of rotatable bonds is 6. The second-order valence-electron chi connectivity index (χ2n) is 6.59. The van der Waals surface area contributed by atoms with Crippen LogP contribution in [0.15, 0.2) is 46.3 Å².